The largest absolute Gasteiger partial charge is 0.465 e. The molecule has 1 aliphatic rings. The van der Waals surface area contributed by atoms with Gasteiger partial charge in [-0.2, -0.15) is 0 Å². The van der Waals surface area contributed by atoms with Gasteiger partial charge in [0.05, 0.1) is 12.5 Å². The molecule has 16 heavy (non-hydrogen) atoms. The summed E-state index contributed by atoms with van der Waals surface area (Å²) in [4.78, 5) is 23.2. The third-order valence-electron chi connectivity index (χ3n) is 2.80. The van der Waals surface area contributed by atoms with Gasteiger partial charge in [-0.15, -0.1) is 0 Å². The van der Waals surface area contributed by atoms with Crippen LogP contribution in [-0.4, -0.2) is 18.4 Å². The first-order valence-corrected chi connectivity index (χ1v) is 5.52. The van der Waals surface area contributed by atoms with Gasteiger partial charge in [0.1, 0.15) is 0 Å². The van der Waals surface area contributed by atoms with Gasteiger partial charge in [0.2, 0.25) is 0 Å². The number of rotatable bonds is 3. The number of carbonyl (C=O) groups is 2. The molecule has 3 heteroatoms. The van der Waals surface area contributed by atoms with E-state index in [1.54, 1.807) is 12.1 Å². The molecule has 0 spiro atoms. The molecule has 0 aromatic heterocycles. The first-order valence-electron chi connectivity index (χ1n) is 5.52. The van der Waals surface area contributed by atoms with Crippen molar-refractivity contribution in [1.29, 1.82) is 0 Å². The molecule has 3 nitrogen and oxygen atoms in total. The summed E-state index contributed by atoms with van der Waals surface area (Å²) in [5.41, 5.74) is 0.667. The molecule has 2 rings (SSSR count). The van der Waals surface area contributed by atoms with Crippen molar-refractivity contribution in [3.05, 3.63) is 35.9 Å². The summed E-state index contributed by atoms with van der Waals surface area (Å²) in [6.07, 6.45) is 1.89. The average Bonchev–Trinajstić information content (AvgIpc) is 2.33. The van der Waals surface area contributed by atoms with E-state index >= 15 is 0 Å². The van der Waals surface area contributed by atoms with Gasteiger partial charge < -0.3 is 4.74 Å². The number of ketones is 1. The van der Waals surface area contributed by atoms with E-state index < -0.39 is 0 Å². The van der Waals surface area contributed by atoms with Crippen molar-refractivity contribution in [1.82, 2.24) is 0 Å². The van der Waals surface area contributed by atoms with Gasteiger partial charge in [-0.25, -0.2) is 0 Å². The first kappa shape index (κ1) is 10.9. The molecule has 1 aromatic rings. The molecule has 0 saturated carbocycles. The molecule has 0 radical (unpaired) electrons. The van der Waals surface area contributed by atoms with Crippen LogP contribution >= 0.6 is 0 Å². The molecule has 1 atom stereocenters. The summed E-state index contributed by atoms with van der Waals surface area (Å²) in [7, 11) is 0. The number of cyclic esters (lactones) is 1. The van der Waals surface area contributed by atoms with Gasteiger partial charge in [-0.1, -0.05) is 30.3 Å². The molecular weight excluding hydrogens is 204 g/mol. The highest BCUT2D eigenvalue weighted by Gasteiger charge is 2.26. The number of Topliss-reactive ketones (excluding diaryl/α,β-unsaturated/α-hetero) is 1. The fourth-order valence-electron chi connectivity index (χ4n) is 1.89. The summed E-state index contributed by atoms with van der Waals surface area (Å²) in [6.45, 7) is 0.495. The summed E-state index contributed by atoms with van der Waals surface area (Å²) in [5, 5.41) is 0. The molecule has 1 aromatic carbocycles. The Hall–Kier alpha value is -1.64. The Labute approximate surface area is 94.4 Å². The number of hydrogen-bond acceptors (Lipinski definition) is 3. The zero-order chi connectivity index (χ0) is 11.4. The molecule has 1 heterocycles. The smallest absolute Gasteiger partial charge is 0.309 e. The minimum atomic E-state index is -0.249. The van der Waals surface area contributed by atoms with Crippen molar-refractivity contribution in [3.63, 3.8) is 0 Å². The topological polar surface area (TPSA) is 43.4 Å². The summed E-state index contributed by atoms with van der Waals surface area (Å²) in [5.74, 6) is -0.457. The minimum Gasteiger partial charge on any atom is -0.465 e. The molecule has 0 amide bonds. The van der Waals surface area contributed by atoms with Crippen LogP contribution in [0, 0.1) is 5.92 Å². The van der Waals surface area contributed by atoms with Crippen molar-refractivity contribution in [2.75, 3.05) is 6.61 Å². The number of esters is 1. The van der Waals surface area contributed by atoms with Crippen molar-refractivity contribution < 1.29 is 14.3 Å². The van der Waals surface area contributed by atoms with Crippen molar-refractivity contribution in [2.45, 2.75) is 19.3 Å². The molecule has 0 unspecified atom stereocenters. The van der Waals surface area contributed by atoms with Crippen LogP contribution in [0.2, 0.25) is 0 Å². The van der Waals surface area contributed by atoms with E-state index in [0.717, 1.165) is 12.8 Å². The van der Waals surface area contributed by atoms with Crippen LogP contribution in [0.1, 0.15) is 29.6 Å². The highest BCUT2D eigenvalue weighted by atomic mass is 16.5. The third-order valence-corrected chi connectivity index (χ3v) is 2.80. The normalized spacial score (nSPS) is 20.2. The Bertz CT molecular complexity index is 383. The van der Waals surface area contributed by atoms with Crippen LogP contribution in [0.15, 0.2) is 30.3 Å². The van der Waals surface area contributed by atoms with Crippen molar-refractivity contribution >= 4 is 11.8 Å². The lowest BCUT2D eigenvalue weighted by molar-refractivity contribution is -0.152. The van der Waals surface area contributed by atoms with Gasteiger partial charge in [0.15, 0.2) is 5.78 Å². The van der Waals surface area contributed by atoms with E-state index in [0.29, 0.717) is 12.2 Å². The highest BCUT2D eigenvalue weighted by Crippen LogP contribution is 2.20. The zero-order valence-electron chi connectivity index (χ0n) is 9.02. The number of benzene rings is 1. The maximum Gasteiger partial charge on any atom is 0.309 e. The Morgan fingerprint density at radius 2 is 2.06 bits per heavy atom. The predicted molar refractivity (Wildman–Crippen MR) is 59.1 cm³/mol. The molecule has 1 aliphatic heterocycles. The quantitative estimate of drug-likeness (QED) is 0.577. The predicted octanol–water partition coefficient (Wildman–Crippen LogP) is 2.21. The Kier molecular flexibility index (Phi) is 3.34. The summed E-state index contributed by atoms with van der Waals surface area (Å²) >= 11 is 0. The lowest BCUT2D eigenvalue weighted by Gasteiger charge is -2.19. The van der Waals surface area contributed by atoms with E-state index in [1.807, 2.05) is 18.2 Å². The first-order chi connectivity index (χ1) is 7.77. The fourth-order valence-corrected chi connectivity index (χ4v) is 1.89. The fraction of sp³-hybridized carbons (Fsp3) is 0.385. The number of carbonyl (C=O) groups excluding carboxylic acids is 2. The lowest BCUT2D eigenvalue weighted by atomic mass is 9.93. The maximum atomic E-state index is 11.9. The molecular formula is C13H14O3. The van der Waals surface area contributed by atoms with Gasteiger partial charge in [0, 0.05) is 12.0 Å². The Morgan fingerprint density at radius 1 is 1.31 bits per heavy atom. The number of hydrogen-bond donors (Lipinski definition) is 0. The lowest BCUT2D eigenvalue weighted by Crippen LogP contribution is -2.26. The van der Waals surface area contributed by atoms with Crippen LogP contribution in [0.5, 0.6) is 0 Å². The second-order valence-electron chi connectivity index (χ2n) is 4.00. The van der Waals surface area contributed by atoms with Crippen LogP contribution in [0.4, 0.5) is 0 Å². The van der Waals surface area contributed by atoms with E-state index in [-0.39, 0.29) is 24.1 Å². The second kappa shape index (κ2) is 4.92. The minimum absolute atomic E-state index is 0.0180. The Morgan fingerprint density at radius 3 is 2.75 bits per heavy atom. The number of ether oxygens (including phenoxy) is 1. The highest BCUT2D eigenvalue weighted by molar-refractivity contribution is 5.98. The molecule has 1 saturated heterocycles. The van der Waals surface area contributed by atoms with Gasteiger partial charge in [-0.05, 0) is 12.8 Å². The summed E-state index contributed by atoms with van der Waals surface area (Å²) in [6, 6.07) is 9.07. The van der Waals surface area contributed by atoms with Crippen LogP contribution < -0.4 is 0 Å². The Balaban J connectivity index is 1.99. The van der Waals surface area contributed by atoms with Gasteiger partial charge in [-0.3, -0.25) is 9.59 Å². The third kappa shape index (κ3) is 2.48. The van der Waals surface area contributed by atoms with Crippen molar-refractivity contribution in [2.24, 2.45) is 5.92 Å². The zero-order valence-corrected chi connectivity index (χ0v) is 9.02. The van der Waals surface area contributed by atoms with E-state index in [2.05, 4.69) is 0 Å². The van der Waals surface area contributed by atoms with Crippen LogP contribution in [0.3, 0.4) is 0 Å². The van der Waals surface area contributed by atoms with E-state index in [4.69, 9.17) is 4.74 Å². The van der Waals surface area contributed by atoms with E-state index in [9.17, 15) is 9.59 Å². The van der Waals surface area contributed by atoms with Gasteiger partial charge >= 0.3 is 5.97 Å². The second-order valence-corrected chi connectivity index (χ2v) is 4.00. The molecule has 0 aliphatic carbocycles. The summed E-state index contributed by atoms with van der Waals surface area (Å²) < 4.78 is 4.94. The average molecular weight is 218 g/mol. The molecule has 0 bridgehead atoms. The standard InChI is InChI=1S/C13H14O3/c14-12(10-5-2-1-3-6-10)9-11-7-4-8-16-13(11)15/h1-3,5-6,11H,4,7-9H2/t11-/m0/s1. The maximum absolute atomic E-state index is 11.9. The van der Waals surface area contributed by atoms with E-state index in [1.165, 1.54) is 0 Å². The van der Waals surface area contributed by atoms with Crippen LogP contribution in [-0.2, 0) is 9.53 Å². The SMILES string of the molecule is O=C(C[C@@H]1CCCOC1=O)c1ccccc1. The molecule has 84 valence electrons. The van der Waals surface area contributed by atoms with Crippen LogP contribution in [0.25, 0.3) is 0 Å². The molecule has 0 N–H and O–H groups in total. The van der Waals surface area contributed by atoms with Crippen molar-refractivity contribution in [3.8, 4) is 0 Å². The van der Waals surface area contributed by atoms with Gasteiger partial charge in [0.25, 0.3) is 0 Å². The monoisotopic (exact) mass is 218 g/mol. The molecule has 1 fully saturated rings.